The number of aromatic nitrogens is 3. The number of hydrogen-bond donors (Lipinski definition) is 0. The van der Waals surface area contributed by atoms with E-state index in [1.165, 1.54) is 28.8 Å². The zero-order valence-corrected chi connectivity index (χ0v) is 19.8. The molecule has 0 saturated heterocycles. The fourth-order valence-electron chi connectivity index (χ4n) is 3.52. The summed E-state index contributed by atoms with van der Waals surface area (Å²) in [6, 6.07) is 25.1. The van der Waals surface area contributed by atoms with E-state index in [4.69, 9.17) is 10.00 Å². The maximum absolute atomic E-state index is 14.4. The van der Waals surface area contributed by atoms with Crippen molar-refractivity contribution in [3.63, 3.8) is 0 Å². The fraction of sp³-hybridized carbons (Fsp3) is 0.154. The van der Waals surface area contributed by atoms with Gasteiger partial charge in [-0.15, -0.1) is 10.2 Å². The molecule has 176 valence electrons. The second-order valence-electron chi connectivity index (χ2n) is 7.40. The Morgan fingerprint density at radius 3 is 2.46 bits per heavy atom. The predicted molar refractivity (Wildman–Crippen MR) is 133 cm³/mol. The van der Waals surface area contributed by atoms with Gasteiger partial charge in [-0.2, -0.15) is 5.26 Å². The summed E-state index contributed by atoms with van der Waals surface area (Å²) in [6.07, 6.45) is 0.0882. The Labute approximate surface area is 206 Å². The number of para-hydroxylation sites is 1. The minimum Gasteiger partial charge on any atom is -0.497 e. The van der Waals surface area contributed by atoms with Crippen molar-refractivity contribution in [3.8, 4) is 28.9 Å². The first kappa shape index (κ1) is 24.0. The van der Waals surface area contributed by atoms with Crippen LogP contribution >= 0.6 is 11.8 Å². The third-order valence-corrected chi connectivity index (χ3v) is 6.13. The van der Waals surface area contributed by atoms with Crippen LogP contribution in [0.2, 0.25) is 0 Å². The summed E-state index contributed by atoms with van der Waals surface area (Å²) in [6.45, 7) is 0.0945. The van der Waals surface area contributed by atoms with Crippen molar-refractivity contribution in [1.29, 1.82) is 5.26 Å². The zero-order valence-electron chi connectivity index (χ0n) is 19.0. The first-order valence-corrected chi connectivity index (χ1v) is 11.8. The SMILES string of the molecule is COc1ccc(-n2c(SCC(=O)N(CCC#N)c3ccccc3F)nnc2-c2ccccc2)cc1. The molecule has 0 atom stereocenters. The number of methoxy groups -OCH3 is 1. The van der Waals surface area contributed by atoms with Crippen molar-refractivity contribution in [3.05, 3.63) is 84.7 Å². The summed E-state index contributed by atoms with van der Waals surface area (Å²) in [5, 5.41) is 18.3. The second kappa shape index (κ2) is 11.3. The Bertz CT molecular complexity index is 1340. The van der Waals surface area contributed by atoms with Gasteiger partial charge in [0.15, 0.2) is 11.0 Å². The van der Waals surface area contributed by atoms with Gasteiger partial charge < -0.3 is 9.64 Å². The van der Waals surface area contributed by atoms with Gasteiger partial charge in [-0.25, -0.2) is 4.39 Å². The van der Waals surface area contributed by atoms with E-state index in [-0.39, 0.29) is 30.3 Å². The van der Waals surface area contributed by atoms with Crippen LogP contribution in [-0.2, 0) is 4.79 Å². The monoisotopic (exact) mass is 487 g/mol. The summed E-state index contributed by atoms with van der Waals surface area (Å²) in [5.41, 5.74) is 1.82. The lowest BCUT2D eigenvalue weighted by Crippen LogP contribution is -2.34. The van der Waals surface area contributed by atoms with Gasteiger partial charge in [-0.3, -0.25) is 9.36 Å². The third kappa shape index (κ3) is 5.50. The van der Waals surface area contributed by atoms with Crippen LogP contribution in [-0.4, -0.2) is 40.1 Å². The van der Waals surface area contributed by atoms with E-state index < -0.39 is 5.82 Å². The molecule has 0 saturated carbocycles. The molecule has 3 aromatic carbocycles. The van der Waals surface area contributed by atoms with E-state index in [1.807, 2.05) is 65.2 Å². The number of carbonyl (C=O) groups is 1. The van der Waals surface area contributed by atoms with Crippen molar-refractivity contribution in [1.82, 2.24) is 14.8 Å². The molecule has 35 heavy (non-hydrogen) atoms. The number of ether oxygens (including phenoxy) is 1. The van der Waals surface area contributed by atoms with E-state index in [0.29, 0.717) is 16.7 Å². The van der Waals surface area contributed by atoms with E-state index in [2.05, 4.69) is 10.2 Å². The molecule has 1 heterocycles. The smallest absolute Gasteiger partial charge is 0.237 e. The van der Waals surface area contributed by atoms with Gasteiger partial charge in [0.25, 0.3) is 0 Å². The molecule has 0 unspecified atom stereocenters. The summed E-state index contributed by atoms with van der Waals surface area (Å²) < 4.78 is 21.6. The molecule has 0 radical (unpaired) electrons. The highest BCUT2D eigenvalue weighted by Crippen LogP contribution is 2.29. The topological polar surface area (TPSA) is 84.0 Å². The maximum Gasteiger partial charge on any atom is 0.237 e. The number of rotatable bonds is 9. The number of anilines is 1. The maximum atomic E-state index is 14.4. The van der Waals surface area contributed by atoms with Crippen LogP contribution in [0.4, 0.5) is 10.1 Å². The standard InChI is InChI=1S/C26H22FN5O2S/c1-34-21-14-12-20(13-15-21)32-25(19-8-3-2-4-9-19)29-30-26(32)35-18-24(33)31(17-7-16-28)23-11-6-5-10-22(23)27/h2-6,8-15H,7,17-18H2,1H3. The average Bonchev–Trinajstić information content (AvgIpc) is 3.33. The molecule has 0 aliphatic rings. The molecule has 4 rings (SSSR count). The largest absolute Gasteiger partial charge is 0.497 e. The number of hydrogen-bond acceptors (Lipinski definition) is 6. The lowest BCUT2D eigenvalue weighted by atomic mass is 10.2. The van der Waals surface area contributed by atoms with Crippen LogP contribution in [0.1, 0.15) is 6.42 Å². The highest BCUT2D eigenvalue weighted by atomic mass is 32.2. The van der Waals surface area contributed by atoms with Crippen molar-refractivity contribution in [2.45, 2.75) is 11.6 Å². The van der Waals surface area contributed by atoms with Gasteiger partial charge in [0.1, 0.15) is 11.6 Å². The Kier molecular flexibility index (Phi) is 7.75. The number of thioether (sulfide) groups is 1. The highest BCUT2D eigenvalue weighted by molar-refractivity contribution is 7.99. The van der Waals surface area contributed by atoms with Crippen molar-refractivity contribution in [2.75, 3.05) is 24.3 Å². The van der Waals surface area contributed by atoms with Crippen LogP contribution in [0, 0.1) is 17.1 Å². The Morgan fingerprint density at radius 2 is 1.77 bits per heavy atom. The molecule has 0 fully saturated rings. The summed E-state index contributed by atoms with van der Waals surface area (Å²) in [7, 11) is 1.60. The summed E-state index contributed by atoms with van der Waals surface area (Å²) >= 11 is 1.20. The van der Waals surface area contributed by atoms with Gasteiger partial charge in [0.2, 0.25) is 5.91 Å². The van der Waals surface area contributed by atoms with E-state index >= 15 is 0 Å². The van der Waals surface area contributed by atoms with Gasteiger partial charge in [-0.05, 0) is 36.4 Å². The number of benzene rings is 3. The van der Waals surface area contributed by atoms with Crippen LogP contribution < -0.4 is 9.64 Å². The first-order chi connectivity index (χ1) is 17.1. The number of amides is 1. The minimum atomic E-state index is -0.517. The van der Waals surface area contributed by atoms with Crippen molar-refractivity contribution >= 4 is 23.4 Å². The van der Waals surface area contributed by atoms with E-state index in [9.17, 15) is 9.18 Å². The van der Waals surface area contributed by atoms with Crippen LogP contribution in [0.25, 0.3) is 17.1 Å². The molecule has 0 aliphatic carbocycles. The number of halogens is 1. The summed E-state index contributed by atoms with van der Waals surface area (Å²) in [5.74, 6) is 0.479. The average molecular weight is 488 g/mol. The molecule has 0 bridgehead atoms. The molecule has 9 heteroatoms. The number of carbonyl (C=O) groups excluding carboxylic acids is 1. The van der Waals surface area contributed by atoms with Crippen LogP contribution in [0.5, 0.6) is 5.75 Å². The number of nitrogens with zero attached hydrogens (tertiary/aromatic N) is 5. The predicted octanol–water partition coefficient (Wildman–Crippen LogP) is 5.12. The molecular weight excluding hydrogens is 465 g/mol. The molecule has 4 aromatic rings. The zero-order chi connectivity index (χ0) is 24.6. The quantitative estimate of drug-likeness (QED) is 0.305. The van der Waals surface area contributed by atoms with Crippen molar-refractivity contribution in [2.24, 2.45) is 0 Å². The minimum absolute atomic E-state index is 0.0111. The normalized spacial score (nSPS) is 10.5. The Morgan fingerprint density at radius 1 is 1.06 bits per heavy atom. The Hall–Kier alpha value is -4.16. The fourth-order valence-corrected chi connectivity index (χ4v) is 4.35. The molecule has 0 aliphatic heterocycles. The van der Waals surface area contributed by atoms with Gasteiger partial charge >= 0.3 is 0 Å². The van der Waals surface area contributed by atoms with Gasteiger partial charge in [-0.1, -0.05) is 54.2 Å². The van der Waals surface area contributed by atoms with E-state index in [1.54, 1.807) is 19.2 Å². The molecular formula is C26H22FN5O2S. The molecule has 0 spiro atoms. The first-order valence-electron chi connectivity index (χ1n) is 10.8. The molecule has 7 nitrogen and oxygen atoms in total. The van der Waals surface area contributed by atoms with Gasteiger partial charge in [0.05, 0.1) is 31.0 Å². The number of nitriles is 1. The summed E-state index contributed by atoms with van der Waals surface area (Å²) in [4.78, 5) is 14.4. The van der Waals surface area contributed by atoms with Crippen LogP contribution in [0.3, 0.4) is 0 Å². The third-order valence-electron chi connectivity index (χ3n) is 5.21. The lowest BCUT2D eigenvalue weighted by Gasteiger charge is -2.22. The second-order valence-corrected chi connectivity index (χ2v) is 8.34. The van der Waals surface area contributed by atoms with E-state index in [0.717, 1.165) is 11.3 Å². The molecule has 0 N–H and O–H groups in total. The van der Waals surface area contributed by atoms with Crippen LogP contribution in [0.15, 0.2) is 84.0 Å². The van der Waals surface area contributed by atoms with Gasteiger partial charge in [0, 0.05) is 17.8 Å². The lowest BCUT2D eigenvalue weighted by molar-refractivity contribution is -0.116. The highest BCUT2D eigenvalue weighted by Gasteiger charge is 2.22. The Balaban J connectivity index is 1.64. The van der Waals surface area contributed by atoms with Crippen molar-refractivity contribution < 1.29 is 13.9 Å². The molecule has 1 aromatic heterocycles. The molecule has 1 amide bonds.